The zero-order valence-corrected chi connectivity index (χ0v) is 10.5. The molecule has 1 heterocycles. The van der Waals surface area contributed by atoms with E-state index >= 15 is 0 Å². The van der Waals surface area contributed by atoms with Crippen LogP contribution in [0.2, 0.25) is 0 Å². The van der Waals surface area contributed by atoms with Gasteiger partial charge in [-0.05, 0) is 33.8 Å². The number of nitriles is 1. The molecule has 0 radical (unpaired) electrons. The largest absolute Gasteiger partial charge is 0.308 e. The van der Waals surface area contributed by atoms with Crippen molar-refractivity contribution in [1.82, 2.24) is 5.32 Å². The minimum absolute atomic E-state index is 0.314. The lowest BCUT2D eigenvalue weighted by molar-refractivity contribution is 0.507. The van der Waals surface area contributed by atoms with Gasteiger partial charge >= 0.3 is 0 Å². The topological polar surface area (TPSA) is 35.8 Å². The van der Waals surface area contributed by atoms with E-state index in [0.717, 1.165) is 17.4 Å². The molecule has 0 amide bonds. The van der Waals surface area contributed by atoms with E-state index in [-0.39, 0.29) is 0 Å². The maximum atomic E-state index is 8.58. The van der Waals surface area contributed by atoms with E-state index in [0.29, 0.717) is 12.5 Å². The lowest BCUT2D eigenvalue weighted by Gasteiger charge is -2.12. The summed E-state index contributed by atoms with van der Waals surface area (Å²) in [5.74, 6) is 0. The number of hydrogen-bond donors (Lipinski definition) is 1. The summed E-state index contributed by atoms with van der Waals surface area (Å²) >= 11 is 5.21. The molecule has 0 saturated heterocycles. The predicted octanol–water partition coefficient (Wildman–Crippen LogP) is 3.29. The van der Waals surface area contributed by atoms with Gasteiger partial charge < -0.3 is 5.32 Å². The van der Waals surface area contributed by atoms with Crippen LogP contribution in [0.4, 0.5) is 0 Å². The summed E-state index contributed by atoms with van der Waals surface area (Å²) in [6.45, 7) is 2.94. The summed E-state index contributed by atoms with van der Waals surface area (Å²) in [4.78, 5) is 1.29. The zero-order valence-electron chi connectivity index (χ0n) is 8.09. The van der Waals surface area contributed by atoms with Crippen LogP contribution < -0.4 is 5.32 Å². The van der Waals surface area contributed by atoms with Gasteiger partial charge in [-0.25, -0.2) is 0 Å². The highest BCUT2D eigenvalue weighted by molar-refractivity contribution is 9.10. The standard InChI is InChI=1S/C10H13BrN2S/c1-2-8(3-5-12)13-7-10-9(11)4-6-14-10/h4,6,8,13H,2-3,7H2,1H3. The van der Waals surface area contributed by atoms with Crippen LogP contribution in [0.15, 0.2) is 15.9 Å². The van der Waals surface area contributed by atoms with E-state index in [9.17, 15) is 0 Å². The highest BCUT2D eigenvalue weighted by Gasteiger charge is 2.06. The average molecular weight is 273 g/mol. The van der Waals surface area contributed by atoms with Crippen molar-refractivity contribution >= 4 is 27.3 Å². The van der Waals surface area contributed by atoms with Gasteiger partial charge in [0.15, 0.2) is 0 Å². The van der Waals surface area contributed by atoms with Gasteiger partial charge in [0, 0.05) is 21.9 Å². The Morgan fingerprint density at radius 3 is 3.00 bits per heavy atom. The van der Waals surface area contributed by atoms with Crippen LogP contribution in [0, 0.1) is 11.3 Å². The van der Waals surface area contributed by atoms with Crippen molar-refractivity contribution in [2.24, 2.45) is 0 Å². The van der Waals surface area contributed by atoms with Crippen LogP contribution in [0.25, 0.3) is 0 Å². The number of thiophene rings is 1. The first-order chi connectivity index (χ1) is 6.77. The maximum absolute atomic E-state index is 8.58. The van der Waals surface area contributed by atoms with E-state index in [1.165, 1.54) is 4.88 Å². The van der Waals surface area contributed by atoms with Crippen LogP contribution in [0.5, 0.6) is 0 Å². The van der Waals surface area contributed by atoms with Crippen LogP contribution in [0.3, 0.4) is 0 Å². The molecule has 0 saturated carbocycles. The Morgan fingerprint density at radius 1 is 1.71 bits per heavy atom. The fraction of sp³-hybridized carbons (Fsp3) is 0.500. The highest BCUT2D eigenvalue weighted by atomic mass is 79.9. The van der Waals surface area contributed by atoms with Crippen LogP contribution >= 0.6 is 27.3 Å². The quantitative estimate of drug-likeness (QED) is 0.893. The van der Waals surface area contributed by atoms with Gasteiger partial charge in [0.1, 0.15) is 0 Å². The molecular weight excluding hydrogens is 260 g/mol. The normalized spacial score (nSPS) is 12.4. The minimum Gasteiger partial charge on any atom is -0.308 e. The lowest BCUT2D eigenvalue weighted by Crippen LogP contribution is -2.27. The van der Waals surface area contributed by atoms with Crippen molar-refractivity contribution in [3.05, 3.63) is 20.8 Å². The average Bonchev–Trinajstić information content (AvgIpc) is 2.59. The summed E-state index contributed by atoms with van der Waals surface area (Å²) in [5, 5.41) is 14.0. The summed E-state index contributed by atoms with van der Waals surface area (Å²) in [5.41, 5.74) is 0. The molecule has 0 aliphatic carbocycles. The lowest BCUT2D eigenvalue weighted by atomic mass is 10.2. The van der Waals surface area contributed by atoms with Crippen molar-refractivity contribution in [2.45, 2.75) is 32.4 Å². The molecule has 2 nitrogen and oxygen atoms in total. The van der Waals surface area contributed by atoms with Gasteiger partial charge in [-0.2, -0.15) is 5.26 Å². The van der Waals surface area contributed by atoms with Crippen molar-refractivity contribution in [3.8, 4) is 6.07 Å². The van der Waals surface area contributed by atoms with Gasteiger partial charge in [-0.15, -0.1) is 11.3 Å². The molecule has 76 valence electrons. The zero-order chi connectivity index (χ0) is 10.4. The van der Waals surface area contributed by atoms with Crippen molar-refractivity contribution in [3.63, 3.8) is 0 Å². The van der Waals surface area contributed by atoms with Gasteiger partial charge in [0.2, 0.25) is 0 Å². The monoisotopic (exact) mass is 272 g/mol. The molecule has 0 aromatic carbocycles. The number of nitrogens with one attached hydrogen (secondary N) is 1. The van der Waals surface area contributed by atoms with E-state index in [4.69, 9.17) is 5.26 Å². The van der Waals surface area contributed by atoms with Crippen molar-refractivity contribution in [1.29, 1.82) is 5.26 Å². The first kappa shape index (κ1) is 11.7. The van der Waals surface area contributed by atoms with E-state index in [1.807, 2.05) is 6.07 Å². The predicted molar refractivity (Wildman–Crippen MR) is 63.2 cm³/mol. The fourth-order valence-electron chi connectivity index (χ4n) is 1.16. The third-order valence-electron chi connectivity index (χ3n) is 2.07. The summed E-state index contributed by atoms with van der Waals surface area (Å²) < 4.78 is 1.15. The van der Waals surface area contributed by atoms with E-state index in [1.54, 1.807) is 11.3 Å². The Kier molecular flexibility index (Phi) is 5.16. The molecule has 0 aliphatic rings. The summed E-state index contributed by atoms with van der Waals surface area (Å²) in [7, 11) is 0. The Labute approximate surface area is 97.1 Å². The van der Waals surface area contributed by atoms with E-state index in [2.05, 4.69) is 39.6 Å². The third-order valence-corrected chi connectivity index (χ3v) is 4.00. The first-order valence-electron chi connectivity index (χ1n) is 4.60. The smallest absolute Gasteiger partial charge is 0.0638 e. The summed E-state index contributed by atoms with van der Waals surface area (Å²) in [6.07, 6.45) is 1.58. The Morgan fingerprint density at radius 2 is 2.50 bits per heavy atom. The maximum Gasteiger partial charge on any atom is 0.0638 e. The molecule has 1 rings (SSSR count). The molecule has 0 spiro atoms. The first-order valence-corrected chi connectivity index (χ1v) is 6.27. The fourth-order valence-corrected chi connectivity index (χ4v) is 2.60. The van der Waals surface area contributed by atoms with Gasteiger partial charge in [0.05, 0.1) is 12.5 Å². The molecule has 0 aliphatic heterocycles. The Hall–Kier alpha value is -0.370. The molecule has 4 heteroatoms. The SMILES string of the molecule is CCC(CC#N)NCc1sccc1Br. The van der Waals surface area contributed by atoms with Gasteiger partial charge in [-0.1, -0.05) is 6.92 Å². The summed E-state index contributed by atoms with van der Waals surface area (Å²) in [6, 6.07) is 4.56. The molecule has 0 fully saturated rings. The number of rotatable bonds is 5. The highest BCUT2D eigenvalue weighted by Crippen LogP contribution is 2.22. The van der Waals surface area contributed by atoms with E-state index < -0.39 is 0 Å². The van der Waals surface area contributed by atoms with Crippen LogP contribution in [-0.2, 0) is 6.54 Å². The Bertz CT molecular complexity index is 316. The van der Waals surface area contributed by atoms with Crippen molar-refractivity contribution < 1.29 is 0 Å². The molecule has 1 atom stereocenters. The molecule has 1 aromatic heterocycles. The van der Waals surface area contributed by atoms with Gasteiger partial charge in [-0.3, -0.25) is 0 Å². The number of halogens is 1. The molecule has 1 aromatic rings. The molecule has 14 heavy (non-hydrogen) atoms. The second-order valence-electron chi connectivity index (χ2n) is 3.04. The molecule has 0 bridgehead atoms. The van der Waals surface area contributed by atoms with Crippen LogP contribution in [-0.4, -0.2) is 6.04 Å². The Balaban J connectivity index is 2.40. The molecule has 1 unspecified atom stereocenters. The minimum atomic E-state index is 0.314. The third kappa shape index (κ3) is 3.41. The second kappa shape index (κ2) is 6.18. The molecule has 1 N–H and O–H groups in total. The second-order valence-corrected chi connectivity index (χ2v) is 4.90. The number of nitrogens with zero attached hydrogens (tertiary/aromatic N) is 1. The van der Waals surface area contributed by atoms with Crippen LogP contribution in [0.1, 0.15) is 24.6 Å². The molecular formula is C10H13BrN2S. The van der Waals surface area contributed by atoms with Crippen molar-refractivity contribution in [2.75, 3.05) is 0 Å². The number of hydrogen-bond acceptors (Lipinski definition) is 3. The van der Waals surface area contributed by atoms with Gasteiger partial charge in [0.25, 0.3) is 0 Å².